The minimum atomic E-state index is -0.625. The molecule has 42 valence electrons. The molecule has 0 fully saturated rings. The molecular weight excluding hydrogens is 108 g/mol. The lowest BCUT2D eigenvalue weighted by Crippen LogP contribution is -2.28. The first-order valence-corrected chi connectivity index (χ1v) is 1.93. The van der Waals surface area contributed by atoms with Crippen LogP contribution in [0.3, 0.4) is 0 Å². The summed E-state index contributed by atoms with van der Waals surface area (Å²) in [6, 6.07) is -0.625. The number of nitrogens with two attached hydrogens (primary N) is 2. The lowest BCUT2D eigenvalue weighted by Gasteiger charge is -1.82. The van der Waals surface area contributed by atoms with Gasteiger partial charge in [-0.15, -0.1) is 0 Å². The summed E-state index contributed by atoms with van der Waals surface area (Å²) in [5.41, 5.74) is 10.1. The van der Waals surface area contributed by atoms with E-state index >= 15 is 0 Å². The summed E-state index contributed by atoms with van der Waals surface area (Å²) in [5, 5.41) is 0. The highest BCUT2D eigenvalue weighted by Crippen LogP contribution is 1.89. The molecule has 1 heterocycles. The lowest BCUT2D eigenvalue weighted by atomic mass is 10.6. The first kappa shape index (κ1) is 4.76. The fourth-order valence-corrected chi connectivity index (χ4v) is 0.346. The van der Waals surface area contributed by atoms with Crippen molar-refractivity contribution < 1.29 is 4.79 Å². The number of amides is 2. The SMILES string of the molecule is NC1=NC(=O)N=C1N. The summed E-state index contributed by atoms with van der Waals surface area (Å²) in [7, 11) is 0. The maximum Gasteiger partial charge on any atom is 0.371 e. The fraction of sp³-hybridized carbons (Fsp3) is 0. The largest absolute Gasteiger partial charge is 0.380 e. The molecule has 0 aromatic carbocycles. The molecule has 0 aliphatic carbocycles. The average Bonchev–Trinajstić information content (AvgIpc) is 1.85. The molecule has 0 aromatic rings. The lowest BCUT2D eigenvalue weighted by molar-refractivity contribution is 0.257. The predicted molar refractivity (Wildman–Crippen MR) is 28.6 cm³/mol. The van der Waals surface area contributed by atoms with Crippen molar-refractivity contribution in [1.82, 2.24) is 0 Å². The minimum Gasteiger partial charge on any atom is -0.380 e. The van der Waals surface area contributed by atoms with Gasteiger partial charge in [-0.25, -0.2) is 4.79 Å². The third-order valence-electron chi connectivity index (χ3n) is 0.695. The highest BCUT2D eigenvalue weighted by Gasteiger charge is 2.10. The van der Waals surface area contributed by atoms with Gasteiger partial charge in [0.1, 0.15) is 0 Å². The van der Waals surface area contributed by atoms with E-state index in [1.54, 1.807) is 0 Å². The Hall–Kier alpha value is -1.39. The number of aliphatic imine (C=N–C) groups is 2. The second-order valence-electron chi connectivity index (χ2n) is 1.28. The summed E-state index contributed by atoms with van der Waals surface area (Å²) < 4.78 is 0. The zero-order valence-corrected chi connectivity index (χ0v) is 3.96. The number of hydrogen-bond donors (Lipinski definition) is 2. The second-order valence-corrected chi connectivity index (χ2v) is 1.28. The van der Waals surface area contributed by atoms with E-state index < -0.39 is 6.03 Å². The number of nitrogens with zero attached hydrogens (tertiary/aromatic N) is 2. The van der Waals surface area contributed by atoms with Crippen LogP contribution in [0.1, 0.15) is 0 Å². The molecule has 2 amide bonds. The van der Waals surface area contributed by atoms with E-state index in [1.165, 1.54) is 0 Å². The zero-order chi connectivity index (χ0) is 6.15. The summed E-state index contributed by atoms with van der Waals surface area (Å²) in [5.74, 6) is 0.0185. The second kappa shape index (κ2) is 1.29. The van der Waals surface area contributed by atoms with Crippen molar-refractivity contribution >= 4 is 17.7 Å². The number of hydrogen-bond acceptors (Lipinski definition) is 3. The Morgan fingerprint density at radius 3 is 1.62 bits per heavy atom. The predicted octanol–water partition coefficient (Wildman–Crippen LogP) is -1.17. The van der Waals surface area contributed by atoms with Gasteiger partial charge in [-0.2, -0.15) is 9.98 Å². The van der Waals surface area contributed by atoms with Crippen LogP contribution in [0.25, 0.3) is 0 Å². The van der Waals surface area contributed by atoms with E-state index in [0.717, 1.165) is 0 Å². The Morgan fingerprint density at radius 2 is 1.50 bits per heavy atom. The van der Waals surface area contributed by atoms with Gasteiger partial charge in [0.25, 0.3) is 0 Å². The van der Waals surface area contributed by atoms with Crippen LogP contribution in [0, 0.1) is 0 Å². The standard InChI is InChI=1S/C3H4N4O/c4-1-2(5)7-3(8)6-1/h(H4,4,5,6,7,8). The van der Waals surface area contributed by atoms with Gasteiger partial charge in [0.15, 0.2) is 11.7 Å². The number of carbonyl (C=O) groups is 1. The summed E-state index contributed by atoms with van der Waals surface area (Å²) in [6.07, 6.45) is 0. The van der Waals surface area contributed by atoms with Gasteiger partial charge >= 0.3 is 6.03 Å². The molecule has 0 spiro atoms. The molecule has 0 atom stereocenters. The van der Waals surface area contributed by atoms with Crippen molar-refractivity contribution in [3.63, 3.8) is 0 Å². The first-order valence-electron chi connectivity index (χ1n) is 1.93. The minimum absolute atomic E-state index is 0.00926. The Bertz CT molecular complexity index is 171. The van der Waals surface area contributed by atoms with E-state index in [-0.39, 0.29) is 11.7 Å². The number of amidine groups is 2. The van der Waals surface area contributed by atoms with Crippen molar-refractivity contribution in [2.45, 2.75) is 0 Å². The van der Waals surface area contributed by atoms with E-state index in [1.807, 2.05) is 0 Å². The topological polar surface area (TPSA) is 93.8 Å². The monoisotopic (exact) mass is 112 g/mol. The van der Waals surface area contributed by atoms with Crippen molar-refractivity contribution in [3.05, 3.63) is 0 Å². The fourth-order valence-electron chi connectivity index (χ4n) is 0.346. The third kappa shape index (κ3) is 0.534. The van der Waals surface area contributed by atoms with Gasteiger partial charge in [0.05, 0.1) is 0 Å². The number of rotatable bonds is 0. The first-order chi connectivity index (χ1) is 3.70. The maximum absolute atomic E-state index is 10.1. The normalized spacial score (nSPS) is 18.2. The third-order valence-corrected chi connectivity index (χ3v) is 0.695. The van der Waals surface area contributed by atoms with Crippen LogP contribution in [0.2, 0.25) is 0 Å². The molecule has 4 N–H and O–H groups in total. The molecule has 0 saturated heterocycles. The Morgan fingerprint density at radius 1 is 1.12 bits per heavy atom. The van der Waals surface area contributed by atoms with Crippen LogP contribution in [-0.4, -0.2) is 17.7 Å². The van der Waals surface area contributed by atoms with Crippen LogP contribution in [0.4, 0.5) is 4.79 Å². The van der Waals surface area contributed by atoms with Crippen molar-refractivity contribution in [2.75, 3.05) is 0 Å². The van der Waals surface area contributed by atoms with E-state index in [0.29, 0.717) is 0 Å². The van der Waals surface area contributed by atoms with Gasteiger partial charge in [0.2, 0.25) is 0 Å². The van der Waals surface area contributed by atoms with Gasteiger partial charge in [0, 0.05) is 0 Å². The van der Waals surface area contributed by atoms with Crippen LogP contribution < -0.4 is 11.5 Å². The molecule has 5 heteroatoms. The van der Waals surface area contributed by atoms with Crippen LogP contribution >= 0.6 is 0 Å². The Kier molecular flexibility index (Phi) is 0.768. The van der Waals surface area contributed by atoms with Crippen molar-refractivity contribution in [2.24, 2.45) is 21.5 Å². The maximum atomic E-state index is 10.1. The molecule has 0 unspecified atom stereocenters. The summed E-state index contributed by atoms with van der Waals surface area (Å²) in [6.45, 7) is 0. The van der Waals surface area contributed by atoms with E-state index in [2.05, 4.69) is 9.98 Å². The molecular formula is C3H4N4O. The van der Waals surface area contributed by atoms with Crippen molar-refractivity contribution in [1.29, 1.82) is 0 Å². The molecule has 1 rings (SSSR count). The highest BCUT2D eigenvalue weighted by molar-refractivity contribution is 6.45. The summed E-state index contributed by atoms with van der Waals surface area (Å²) >= 11 is 0. The number of urea groups is 1. The van der Waals surface area contributed by atoms with Crippen LogP contribution in [0.5, 0.6) is 0 Å². The quantitative estimate of drug-likeness (QED) is 0.413. The Labute approximate surface area is 45.1 Å². The zero-order valence-electron chi connectivity index (χ0n) is 3.96. The van der Waals surface area contributed by atoms with Gasteiger partial charge in [-0.3, -0.25) is 0 Å². The van der Waals surface area contributed by atoms with Gasteiger partial charge in [-0.1, -0.05) is 0 Å². The molecule has 0 bridgehead atoms. The molecule has 1 aliphatic rings. The van der Waals surface area contributed by atoms with Gasteiger partial charge in [-0.05, 0) is 0 Å². The highest BCUT2D eigenvalue weighted by atomic mass is 16.2. The molecule has 5 nitrogen and oxygen atoms in total. The molecule has 1 aliphatic heterocycles. The molecule has 0 aromatic heterocycles. The number of carbonyl (C=O) groups excluding carboxylic acids is 1. The van der Waals surface area contributed by atoms with Gasteiger partial charge < -0.3 is 11.5 Å². The summed E-state index contributed by atoms with van der Waals surface area (Å²) in [4.78, 5) is 16.5. The smallest absolute Gasteiger partial charge is 0.371 e. The van der Waals surface area contributed by atoms with Crippen molar-refractivity contribution in [3.8, 4) is 0 Å². The average molecular weight is 112 g/mol. The van der Waals surface area contributed by atoms with E-state index in [4.69, 9.17) is 11.5 Å². The van der Waals surface area contributed by atoms with Crippen LogP contribution in [-0.2, 0) is 0 Å². The molecule has 8 heavy (non-hydrogen) atoms. The molecule has 0 saturated carbocycles. The van der Waals surface area contributed by atoms with Crippen LogP contribution in [0.15, 0.2) is 9.98 Å². The Balaban J connectivity index is 2.98. The van der Waals surface area contributed by atoms with E-state index in [9.17, 15) is 4.79 Å². The molecule has 0 radical (unpaired) electrons.